The fraction of sp³-hybridized carbons (Fsp3) is 0.0952. The van der Waals surface area contributed by atoms with Crippen molar-refractivity contribution in [2.45, 2.75) is 11.3 Å². The Morgan fingerprint density at radius 3 is 2.42 bits per heavy atom. The minimum absolute atomic E-state index is 0.0439. The number of rotatable bonds is 6. The smallest absolute Gasteiger partial charge is 0.234 e. The summed E-state index contributed by atoms with van der Waals surface area (Å²) in [5, 5.41) is 2.88. The van der Waals surface area contributed by atoms with Gasteiger partial charge in [0.25, 0.3) is 0 Å². The zero-order valence-corrected chi connectivity index (χ0v) is 14.7. The van der Waals surface area contributed by atoms with Crippen LogP contribution in [0.2, 0.25) is 0 Å². The van der Waals surface area contributed by atoms with Gasteiger partial charge in [0, 0.05) is 16.6 Å². The van der Waals surface area contributed by atoms with Crippen LogP contribution in [-0.4, -0.2) is 11.7 Å². The zero-order chi connectivity index (χ0) is 18.4. The SMILES string of the molecule is O=C(CSc1ccc(F)cc1F)Nc1ccccc1Cc1ccccc1. The van der Waals surface area contributed by atoms with E-state index in [9.17, 15) is 13.6 Å². The summed E-state index contributed by atoms with van der Waals surface area (Å²) in [4.78, 5) is 12.5. The van der Waals surface area contributed by atoms with Crippen LogP contribution in [0, 0.1) is 11.6 Å². The molecule has 0 saturated heterocycles. The summed E-state index contributed by atoms with van der Waals surface area (Å²) in [5.74, 6) is -1.49. The van der Waals surface area contributed by atoms with Gasteiger partial charge in [0.05, 0.1) is 5.75 Å². The molecule has 1 N–H and O–H groups in total. The van der Waals surface area contributed by atoms with Gasteiger partial charge in [0.15, 0.2) is 0 Å². The molecular formula is C21H17F2NOS. The predicted molar refractivity (Wildman–Crippen MR) is 101 cm³/mol. The molecule has 0 atom stereocenters. The molecule has 3 aromatic rings. The van der Waals surface area contributed by atoms with Crippen LogP contribution in [0.5, 0.6) is 0 Å². The number of amides is 1. The summed E-state index contributed by atoms with van der Waals surface area (Å²) in [6.45, 7) is 0. The molecule has 3 aromatic carbocycles. The van der Waals surface area contributed by atoms with Crippen LogP contribution in [0.15, 0.2) is 77.7 Å². The molecule has 0 fully saturated rings. The van der Waals surface area contributed by atoms with E-state index < -0.39 is 11.6 Å². The van der Waals surface area contributed by atoms with Crippen LogP contribution in [0.25, 0.3) is 0 Å². The molecule has 3 rings (SSSR count). The summed E-state index contributed by atoms with van der Waals surface area (Å²) in [6, 6.07) is 20.9. The molecule has 0 unspecified atom stereocenters. The maximum atomic E-state index is 13.6. The Kier molecular flexibility index (Phi) is 6.02. The lowest BCUT2D eigenvalue weighted by atomic mass is 10.0. The number of para-hydroxylation sites is 1. The topological polar surface area (TPSA) is 29.1 Å². The number of nitrogens with one attached hydrogen (secondary N) is 1. The van der Waals surface area contributed by atoms with E-state index in [0.29, 0.717) is 6.42 Å². The monoisotopic (exact) mass is 369 g/mol. The number of anilines is 1. The Hall–Kier alpha value is -2.66. The Morgan fingerprint density at radius 2 is 1.65 bits per heavy atom. The molecule has 0 spiro atoms. The van der Waals surface area contributed by atoms with Gasteiger partial charge in [-0.15, -0.1) is 11.8 Å². The van der Waals surface area contributed by atoms with Crippen molar-refractivity contribution in [1.29, 1.82) is 0 Å². The highest BCUT2D eigenvalue weighted by molar-refractivity contribution is 8.00. The minimum Gasteiger partial charge on any atom is -0.325 e. The summed E-state index contributed by atoms with van der Waals surface area (Å²) < 4.78 is 26.6. The Labute approximate surface area is 155 Å². The van der Waals surface area contributed by atoms with Gasteiger partial charge in [0.1, 0.15) is 11.6 Å². The molecule has 0 aliphatic carbocycles. The molecule has 0 aliphatic rings. The Bertz CT molecular complexity index is 900. The molecule has 0 heterocycles. The van der Waals surface area contributed by atoms with Crippen molar-refractivity contribution in [3.63, 3.8) is 0 Å². The van der Waals surface area contributed by atoms with Crippen molar-refractivity contribution in [1.82, 2.24) is 0 Å². The number of hydrogen-bond acceptors (Lipinski definition) is 2. The number of benzene rings is 3. The van der Waals surface area contributed by atoms with E-state index in [-0.39, 0.29) is 16.6 Å². The molecule has 5 heteroatoms. The molecule has 1 amide bonds. The quantitative estimate of drug-likeness (QED) is 0.599. The van der Waals surface area contributed by atoms with Gasteiger partial charge in [-0.3, -0.25) is 4.79 Å². The van der Waals surface area contributed by atoms with Gasteiger partial charge in [-0.05, 0) is 35.7 Å². The standard InChI is InChI=1S/C21H17F2NOS/c22-17-10-11-20(18(23)13-17)26-14-21(25)24-19-9-5-4-8-16(19)12-15-6-2-1-3-7-15/h1-11,13H,12,14H2,(H,24,25). The van der Waals surface area contributed by atoms with Crippen molar-refractivity contribution in [2.24, 2.45) is 0 Å². The van der Waals surface area contributed by atoms with Crippen LogP contribution >= 0.6 is 11.8 Å². The third-order valence-corrected chi connectivity index (χ3v) is 4.83. The number of hydrogen-bond donors (Lipinski definition) is 1. The summed E-state index contributed by atoms with van der Waals surface area (Å²) in [5.41, 5.74) is 2.89. The highest BCUT2D eigenvalue weighted by Gasteiger charge is 2.10. The molecule has 0 aromatic heterocycles. The Morgan fingerprint density at radius 1 is 0.923 bits per heavy atom. The maximum absolute atomic E-state index is 13.6. The fourth-order valence-electron chi connectivity index (χ4n) is 2.53. The molecule has 0 aliphatic heterocycles. The highest BCUT2D eigenvalue weighted by atomic mass is 32.2. The van der Waals surface area contributed by atoms with Crippen molar-refractivity contribution in [2.75, 3.05) is 11.1 Å². The van der Waals surface area contributed by atoms with Gasteiger partial charge < -0.3 is 5.32 Å². The van der Waals surface area contributed by atoms with Crippen LogP contribution in [0.3, 0.4) is 0 Å². The van der Waals surface area contributed by atoms with E-state index in [1.165, 1.54) is 12.1 Å². The van der Waals surface area contributed by atoms with Crippen molar-refractivity contribution in [3.05, 3.63) is 95.6 Å². The molecule has 0 bridgehead atoms. The van der Waals surface area contributed by atoms with Gasteiger partial charge >= 0.3 is 0 Å². The normalized spacial score (nSPS) is 10.5. The summed E-state index contributed by atoms with van der Waals surface area (Å²) in [7, 11) is 0. The van der Waals surface area contributed by atoms with E-state index >= 15 is 0 Å². The van der Waals surface area contributed by atoms with E-state index in [4.69, 9.17) is 0 Å². The first kappa shape index (κ1) is 18.1. The lowest BCUT2D eigenvalue weighted by Crippen LogP contribution is -2.15. The van der Waals surface area contributed by atoms with Crippen molar-refractivity contribution < 1.29 is 13.6 Å². The van der Waals surface area contributed by atoms with E-state index in [0.717, 1.165) is 34.6 Å². The maximum Gasteiger partial charge on any atom is 0.234 e. The van der Waals surface area contributed by atoms with Gasteiger partial charge in [0.2, 0.25) is 5.91 Å². The second-order valence-corrected chi connectivity index (χ2v) is 6.75. The number of halogens is 2. The molecule has 26 heavy (non-hydrogen) atoms. The Balaban J connectivity index is 1.64. The van der Waals surface area contributed by atoms with E-state index in [1.807, 2.05) is 54.6 Å². The largest absolute Gasteiger partial charge is 0.325 e. The average Bonchev–Trinajstić information content (AvgIpc) is 2.63. The first-order valence-corrected chi connectivity index (χ1v) is 9.10. The molecule has 132 valence electrons. The third-order valence-electron chi connectivity index (χ3n) is 3.78. The number of thioether (sulfide) groups is 1. The lowest BCUT2D eigenvalue weighted by molar-refractivity contribution is -0.113. The van der Waals surface area contributed by atoms with Gasteiger partial charge in [-0.2, -0.15) is 0 Å². The van der Waals surface area contributed by atoms with Gasteiger partial charge in [-0.25, -0.2) is 8.78 Å². The number of carbonyl (C=O) groups excluding carboxylic acids is 1. The zero-order valence-electron chi connectivity index (χ0n) is 13.9. The van der Waals surface area contributed by atoms with Crippen LogP contribution in [-0.2, 0) is 11.2 Å². The molecule has 2 nitrogen and oxygen atoms in total. The second-order valence-electron chi connectivity index (χ2n) is 5.73. The molecular weight excluding hydrogens is 352 g/mol. The van der Waals surface area contributed by atoms with Gasteiger partial charge in [-0.1, -0.05) is 48.5 Å². The average molecular weight is 369 g/mol. The van der Waals surface area contributed by atoms with Crippen LogP contribution < -0.4 is 5.32 Å². The van der Waals surface area contributed by atoms with Crippen LogP contribution in [0.1, 0.15) is 11.1 Å². The van der Waals surface area contributed by atoms with Crippen molar-refractivity contribution in [3.8, 4) is 0 Å². The third kappa shape index (κ3) is 4.92. The second kappa shape index (κ2) is 8.63. The van der Waals surface area contributed by atoms with Crippen molar-refractivity contribution >= 4 is 23.4 Å². The van der Waals surface area contributed by atoms with E-state index in [1.54, 1.807) is 0 Å². The summed E-state index contributed by atoms with van der Waals surface area (Å²) >= 11 is 1.04. The highest BCUT2D eigenvalue weighted by Crippen LogP contribution is 2.23. The first-order valence-electron chi connectivity index (χ1n) is 8.11. The fourth-order valence-corrected chi connectivity index (χ4v) is 3.25. The predicted octanol–water partition coefficient (Wildman–Crippen LogP) is 5.29. The lowest BCUT2D eigenvalue weighted by Gasteiger charge is -2.11. The van der Waals surface area contributed by atoms with Crippen LogP contribution in [0.4, 0.5) is 14.5 Å². The number of carbonyl (C=O) groups is 1. The molecule has 0 saturated carbocycles. The first-order chi connectivity index (χ1) is 12.6. The molecule has 0 radical (unpaired) electrons. The van der Waals surface area contributed by atoms with E-state index in [2.05, 4.69) is 5.32 Å². The summed E-state index contributed by atoms with van der Waals surface area (Å²) in [6.07, 6.45) is 0.705. The minimum atomic E-state index is -0.660.